The Bertz CT molecular complexity index is 597. The zero-order valence-corrected chi connectivity index (χ0v) is 12.9. The van der Waals surface area contributed by atoms with Crippen LogP contribution in [0.25, 0.3) is 0 Å². The Morgan fingerprint density at radius 2 is 2.00 bits per heavy atom. The van der Waals surface area contributed by atoms with Gasteiger partial charge in [0.05, 0.1) is 9.35 Å². The number of thiophene rings is 1. The summed E-state index contributed by atoms with van der Waals surface area (Å²) in [5.74, 6) is -0.750. The first-order valence-electron chi connectivity index (χ1n) is 5.87. The van der Waals surface area contributed by atoms with Gasteiger partial charge in [0.25, 0.3) is 5.91 Å². The maximum absolute atomic E-state index is 11.7. The summed E-state index contributed by atoms with van der Waals surface area (Å²) in [7, 11) is 0. The van der Waals surface area contributed by atoms with Crippen LogP contribution in [0.1, 0.15) is 15.9 Å². The van der Waals surface area contributed by atoms with E-state index >= 15 is 0 Å². The smallest absolute Gasteiger partial charge is 0.325 e. The molecule has 1 aromatic carbocycles. The molecule has 0 aliphatic carbocycles. The van der Waals surface area contributed by atoms with Crippen LogP contribution >= 0.6 is 27.3 Å². The summed E-state index contributed by atoms with van der Waals surface area (Å²) in [5, 5.41) is 4.24. The highest BCUT2D eigenvalue weighted by atomic mass is 79.9. The molecule has 6 heteroatoms. The molecule has 0 spiro atoms. The number of halogens is 1. The lowest BCUT2D eigenvalue weighted by molar-refractivity contribution is -0.143. The second-order valence-corrected chi connectivity index (χ2v) is 6.26. The molecule has 0 fully saturated rings. The SMILES string of the molecule is O=C(CNC(=O)c1csc(Br)c1)OCc1ccccc1. The summed E-state index contributed by atoms with van der Waals surface area (Å²) < 4.78 is 5.93. The minimum atomic E-state index is -0.462. The summed E-state index contributed by atoms with van der Waals surface area (Å²) >= 11 is 4.69. The molecule has 2 rings (SSSR count). The molecule has 2 aromatic rings. The Labute approximate surface area is 128 Å². The minimum absolute atomic E-state index is 0.140. The van der Waals surface area contributed by atoms with Gasteiger partial charge in [-0.1, -0.05) is 30.3 Å². The largest absolute Gasteiger partial charge is 0.460 e. The van der Waals surface area contributed by atoms with Crippen molar-refractivity contribution in [3.05, 3.63) is 56.7 Å². The molecule has 0 radical (unpaired) electrons. The summed E-state index contributed by atoms with van der Waals surface area (Å²) in [5.41, 5.74) is 1.44. The average molecular weight is 354 g/mol. The molecule has 1 amide bonds. The lowest BCUT2D eigenvalue weighted by atomic mass is 10.2. The maximum Gasteiger partial charge on any atom is 0.325 e. The van der Waals surface area contributed by atoms with Gasteiger partial charge in [0.1, 0.15) is 13.2 Å². The van der Waals surface area contributed by atoms with Gasteiger partial charge in [-0.05, 0) is 27.6 Å². The van der Waals surface area contributed by atoms with Crippen molar-refractivity contribution >= 4 is 39.1 Å². The number of hydrogen-bond donors (Lipinski definition) is 1. The normalized spacial score (nSPS) is 10.1. The molecule has 0 aliphatic heterocycles. The number of benzene rings is 1. The fourth-order valence-electron chi connectivity index (χ4n) is 1.47. The summed E-state index contributed by atoms with van der Waals surface area (Å²) in [4.78, 5) is 23.2. The van der Waals surface area contributed by atoms with E-state index in [0.29, 0.717) is 5.56 Å². The number of esters is 1. The van der Waals surface area contributed by atoms with Gasteiger partial charge in [-0.25, -0.2) is 0 Å². The van der Waals surface area contributed by atoms with Gasteiger partial charge in [0.2, 0.25) is 0 Å². The predicted octanol–water partition coefficient (Wildman–Crippen LogP) is 2.98. The second-order valence-electron chi connectivity index (χ2n) is 3.97. The van der Waals surface area contributed by atoms with E-state index in [1.165, 1.54) is 11.3 Å². The third-order valence-electron chi connectivity index (χ3n) is 2.47. The van der Waals surface area contributed by atoms with Crippen molar-refractivity contribution in [2.75, 3.05) is 6.54 Å². The van der Waals surface area contributed by atoms with E-state index in [9.17, 15) is 9.59 Å². The van der Waals surface area contributed by atoms with Gasteiger partial charge >= 0.3 is 5.97 Å². The van der Waals surface area contributed by atoms with Gasteiger partial charge in [-0.3, -0.25) is 9.59 Å². The molecule has 1 heterocycles. The van der Waals surface area contributed by atoms with Crippen molar-refractivity contribution in [1.82, 2.24) is 5.32 Å². The Morgan fingerprint density at radius 1 is 1.25 bits per heavy atom. The monoisotopic (exact) mass is 353 g/mol. The number of carbonyl (C=O) groups is 2. The highest BCUT2D eigenvalue weighted by Crippen LogP contribution is 2.20. The fraction of sp³-hybridized carbons (Fsp3) is 0.143. The number of amides is 1. The summed E-state index contributed by atoms with van der Waals surface area (Å²) in [6, 6.07) is 11.1. The average Bonchev–Trinajstić information content (AvgIpc) is 2.90. The third kappa shape index (κ3) is 4.47. The lowest BCUT2D eigenvalue weighted by Gasteiger charge is -2.05. The molecule has 0 unspecified atom stereocenters. The van der Waals surface area contributed by atoms with Gasteiger partial charge in [0, 0.05) is 5.38 Å². The van der Waals surface area contributed by atoms with Crippen LogP contribution in [-0.2, 0) is 16.1 Å². The van der Waals surface area contributed by atoms with Crippen LogP contribution in [0, 0.1) is 0 Å². The zero-order valence-electron chi connectivity index (χ0n) is 10.5. The number of rotatable bonds is 5. The van der Waals surface area contributed by atoms with Gasteiger partial charge in [-0.15, -0.1) is 11.3 Å². The van der Waals surface area contributed by atoms with Gasteiger partial charge in [-0.2, -0.15) is 0 Å². The van der Waals surface area contributed by atoms with E-state index in [4.69, 9.17) is 4.74 Å². The van der Waals surface area contributed by atoms with Crippen molar-refractivity contribution in [3.8, 4) is 0 Å². The van der Waals surface area contributed by atoms with E-state index in [2.05, 4.69) is 21.2 Å². The van der Waals surface area contributed by atoms with Crippen LogP contribution in [0.4, 0.5) is 0 Å². The molecule has 1 aromatic heterocycles. The molecule has 0 atom stereocenters. The molecular formula is C14H12BrNO3S. The number of hydrogen-bond acceptors (Lipinski definition) is 4. The van der Waals surface area contributed by atoms with Crippen LogP contribution in [0.2, 0.25) is 0 Å². The van der Waals surface area contributed by atoms with E-state index in [1.807, 2.05) is 30.3 Å². The van der Waals surface area contributed by atoms with Gasteiger partial charge in [0.15, 0.2) is 0 Å². The first kappa shape index (κ1) is 14.7. The first-order chi connectivity index (χ1) is 9.65. The Balaban J connectivity index is 1.74. The Hall–Kier alpha value is -1.66. The standard InChI is InChI=1S/C14H12BrNO3S/c15-12-6-11(9-20-12)14(18)16-7-13(17)19-8-10-4-2-1-3-5-10/h1-6,9H,7-8H2,(H,16,18). The van der Waals surface area contributed by atoms with E-state index in [1.54, 1.807) is 11.4 Å². The second kappa shape index (κ2) is 7.21. The predicted molar refractivity (Wildman–Crippen MR) is 80.6 cm³/mol. The minimum Gasteiger partial charge on any atom is -0.460 e. The Kier molecular flexibility index (Phi) is 5.31. The van der Waals surface area contributed by atoms with Crippen LogP contribution in [-0.4, -0.2) is 18.4 Å². The quantitative estimate of drug-likeness (QED) is 0.840. The molecule has 1 N–H and O–H groups in total. The highest BCUT2D eigenvalue weighted by Gasteiger charge is 2.10. The maximum atomic E-state index is 11.7. The number of ether oxygens (including phenoxy) is 1. The zero-order chi connectivity index (χ0) is 14.4. The van der Waals surface area contributed by atoms with Crippen molar-refractivity contribution in [2.24, 2.45) is 0 Å². The molecule has 0 bridgehead atoms. The molecule has 0 saturated carbocycles. The van der Waals surface area contributed by atoms with Crippen LogP contribution in [0.3, 0.4) is 0 Å². The highest BCUT2D eigenvalue weighted by molar-refractivity contribution is 9.11. The fourth-order valence-corrected chi connectivity index (χ4v) is 2.61. The number of nitrogens with one attached hydrogen (secondary N) is 1. The van der Waals surface area contributed by atoms with Crippen LogP contribution < -0.4 is 5.32 Å². The van der Waals surface area contributed by atoms with Crippen molar-refractivity contribution in [3.63, 3.8) is 0 Å². The van der Waals surface area contributed by atoms with E-state index in [-0.39, 0.29) is 19.1 Å². The van der Waals surface area contributed by atoms with Crippen LogP contribution in [0.15, 0.2) is 45.6 Å². The molecule has 104 valence electrons. The third-order valence-corrected chi connectivity index (χ3v) is 3.97. The topological polar surface area (TPSA) is 55.4 Å². The molecule has 20 heavy (non-hydrogen) atoms. The van der Waals surface area contributed by atoms with E-state index < -0.39 is 5.97 Å². The lowest BCUT2D eigenvalue weighted by Crippen LogP contribution is -2.30. The summed E-state index contributed by atoms with van der Waals surface area (Å²) in [6.45, 7) is 0.0681. The van der Waals surface area contributed by atoms with Crippen molar-refractivity contribution < 1.29 is 14.3 Å². The summed E-state index contributed by atoms with van der Waals surface area (Å²) in [6.07, 6.45) is 0. The first-order valence-corrected chi connectivity index (χ1v) is 7.54. The van der Waals surface area contributed by atoms with Gasteiger partial charge < -0.3 is 10.1 Å². The van der Waals surface area contributed by atoms with Crippen molar-refractivity contribution in [1.29, 1.82) is 0 Å². The molecule has 0 aliphatic rings. The molecular weight excluding hydrogens is 342 g/mol. The number of carbonyl (C=O) groups excluding carboxylic acids is 2. The van der Waals surface area contributed by atoms with Crippen molar-refractivity contribution in [2.45, 2.75) is 6.61 Å². The molecule has 0 saturated heterocycles. The molecule has 4 nitrogen and oxygen atoms in total. The van der Waals surface area contributed by atoms with E-state index in [0.717, 1.165) is 9.35 Å². The Morgan fingerprint density at radius 3 is 2.65 bits per heavy atom. The van der Waals surface area contributed by atoms with Crippen LogP contribution in [0.5, 0.6) is 0 Å².